The van der Waals surface area contributed by atoms with E-state index in [-0.39, 0.29) is 29.5 Å². The zero-order valence-corrected chi connectivity index (χ0v) is 15.7. The van der Waals surface area contributed by atoms with Gasteiger partial charge in [0.15, 0.2) is 0 Å². The number of carbonyl (C=O) groups is 3. The Morgan fingerprint density at radius 1 is 1.35 bits per heavy atom. The van der Waals surface area contributed by atoms with Crippen LogP contribution in [0, 0.1) is 5.82 Å². The Morgan fingerprint density at radius 3 is 2.81 bits per heavy atom. The first-order valence-electron chi connectivity index (χ1n) is 7.57. The molecule has 1 aromatic carbocycles. The molecule has 2 N–H and O–H groups in total. The molecule has 3 rings (SSSR count). The summed E-state index contributed by atoms with van der Waals surface area (Å²) in [7, 11) is 0. The molecule has 0 spiro atoms. The Hall–Kier alpha value is -2.39. The third kappa shape index (κ3) is 4.05. The molecule has 1 fully saturated rings. The number of amides is 3. The average Bonchev–Trinajstić information content (AvgIpc) is 3.15. The van der Waals surface area contributed by atoms with E-state index in [4.69, 9.17) is 0 Å². The molecule has 0 unspecified atom stereocenters. The maximum atomic E-state index is 13.7. The van der Waals surface area contributed by atoms with Crippen molar-refractivity contribution in [3.63, 3.8) is 0 Å². The zero-order chi connectivity index (χ0) is 18.7. The zero-order valence-electron chi connectivity index (χ0n) is 13.3. The average molecular weight is 438 g/mol. The second-order valence-electron chi connectivity index (χ2n) is 5.34. The van der Waals surface area contributed by atoms with Gasteiger partial charge in [0.2, 0.25) is 0 Å². The van der Waals surface area contributed by atoms with E-state index in [1.807, 2.05) is 0 Å². The lowest BCUT2D eigenvalue weighted by Gasteiger charge is -2.12. The van der Waals surface area contributed by atoms with Crippen molar-refractivity contribution in [3.05, 3.63) is 63.0 Å². The van der Waals surface area contributed by atoms with Crippen molar-refractivity contribution < 1.29 is 18.8 Å². The Balaban J connectivity index is 1.61. The van der Waals surface area contributed by atoms with Crippen molar-refractivity contribution in [2.45, 2.75) is 0 Å². The molecule has 134 valence electrons. The van der Waals surface area contributed by atoms with Crippen LogP contribution < -0.4 is 5.32 Å². The van der Waals surface area contributed by atoms with Crippen LogP contribution in [0.25, 0.3) is 6.08 Å². The third-order valence-corrected chi connectivity index (χ3v) is 4.94. The third-order valence-electron chi connectivity index (χ3n) is 3.58. The molecular formula is C17H13BrFN3O3S. The summed E-state index contributed by atoms with van der Waals surface area (Å²) in [5, 5.41) is 2.18. The predicted molar refractivity (Wildman–Crippen MR) is 99.9 cm³/mol. The summed E-state index contributed by atoms with van der Waals surface area (Å²) < 4.78 is 14.4. The molecule has 2 heterocycles. The molecule has 2 aromatic rings. The fourth-order valence-electron chi connectivity index (χ4n) is 2.30. The summed E-state index contributed by atoms with van der Waals surface area (Å²) in [4.78, 5) is 40.3. The van der Waals surface area contributed by atoms with Crippen LogP contribution in [0.1, 0.15) is 16.1 Å². The molecule has 0 atom stereocenters. The summed E-state index contributed by atoms with van der Waals surface area (Å²) in [6.45, 7) is 0.146. The Bertz CT molecular complexity index is 912. The lowest BCUT2D eigenvalue weighted by Crippen LogP contribution is -2.37. The van der Waals surface area contributed by atoms with Gasteiger partial charge in [-0.2, -0.15) is 0 Å². The number of halogens is 2. The summed E-state index contributed by atoms with van der Waals surface area (Å²) >= 11 is 3.98. The maximum absolute atomic E-state index is 13.7. The first kappa shape index (κ1) is 18.4. The second kappa shape index (κ2) is 7.88. The minimum absolute atomic E-state index is 0.0346. The summed E-state index contributed by atoms with van der Waals surface area (Å²) in [5.41, 5.74) is 0.606. The van der Waals surface area contributed by atoms with Crippen LogP contribution in [0.15, 0.2) is 45.9 Å². The quantitative estimate of drug-likeness (QED) is 0.702. The predicted octanol–water partition coefficient (Wildman–Crippen LogP) is 3.38. The smallest absolute Gasteiger partial charge is 0.293 e. The van der Waals surface area contributed by atoms with E-state index in [9.17, 15) is 18.8 Å². The van der Waals surface area contributed by atoms with Gasteiger partial charge in [-0.05, 0) is 45.9 Å². The summed E-state index contributed by atoms with van der Waals surface area (Å²) in [6, 6.07) is 7.62. The highest BCUT2D eigenvalue weighted by molar-refractivity contribution is 9.10. The number of hydrogen-bond donors (Lipinski definition) is 2. The van der Waals surface area contributed by atoms with Crippen molar-refractivity contribution in [2.24, 2.45) is 0 Å². The number of aromatic nitrogens is 1. The highest BCUT2D eigenvalue weighted by Crippen LogP contribution is 2.32. The lowest BCUT2D eigenvalue weighted by atomic mass is 10.2. The van der Waals surface area contributed by atoms with Gasteiger partial charge in [0, 0.05) is 29.3 Å². The van der Waals surface area contributed by atoms with Crippen LogP contribution in [-0.2, 0) is 4.79 Å². The molecule has 0 saturated carbocycles. The first-order valence-corrected chi connectivity index (χ1v) is 9.18. The second-order valence-corrected chi connectivity index (χ2v) is 7.25. The molecule has 6 nitrogen and oxygen atoms in total. The number of rotatable bonds is 5. The number of hydrogen-bond acceptors (Lipinski definition) is 4. The van der Waals surface area contributed by atoms with E-state index in [2.05, 4.69) is 26.2 Å². The molecule has 0 bridgehead atoms. The van der Waals surface area contributed by atoms with Crippen molar-refractivity contribution >= 4 is 50.8 Å². The number of nitrogens with zero attached hydrogens (tertiary/aromatic N) is 1. The van der Waals surface area contributed by atoms with E-state index in [0.717, 1.165) is 21.1 Å². The van der Waals surface area contributed by atoms with Gasteiger partial charge >= 0.3 is 0 Å². The largest absolute Gasteiger partial charge is 0.356 e. The molecule has 1 aliphatic heterocycles. The maximum Gasteiger partial charge on any atom is 0.293 e. The van der Waals surface area contributed by atoms with Gasteiger partial charge in [-0.3, -0.25) is 19.3 Å². The minimum Gasteiger partial charge on any atom is -0.356 e. The van der Waals surface area contributed by atoms with Gasteiger partial charge in [0.05, 0.1) is 4.91 Å². The molecule has 0 aliphatic carbocycles. The highest BCUT2D eigenvalue weighted by atomic mass is 79.9. The first-order chi connectivity index (χ1) is 12.5. The fourth-order valence-corrected chi connectivity index (χ4v) is 3.50. The Labute approximate surface area is 161 Å². The van der Waals surface area contributed by atoms with Crippen LogP contribution >= 0.6 is 27.7 Å². The SMILES string of the molecule is O=C(NCCN1C(=O)S/C(=C\c2ccccc2F)C1=O)c1cc(Br)c[nH]1. The van der Waals surface area contributed by atoms with Gasteiger partial charge in [-0.15, -0.1) is 0 Å². The summed E-state index contributed by atoms with van der Waals surface area (Å²) in [5.74, 6) is -1.31. The standard InChI is InChI=1S/C17H13BrFN3O3S/c18-11-8-13(21-9-11)15(23)20-5-6-22-16(24)14(26-17(22)25)7-10-3-1-2-4-12(10)19/h1-4,7-9,21H,5-6H2,(H,20,23)/b14-7-. The van der Waals surface area contributed by atoms with Crippen LogP contribution in [0.2, 0.25) is 0 Å². The fraction of sp³-hybridized carbons (Fsp3) is 0.118. The van der Waals surface area contributed by atoms with E-state index >= 15 is 0 Å². The van der Waals surface area contributed by atoms with Gasteiger partial charge in [0.1, 0.15) is 11.5 Å². The molecular weight excluding hydrogens is 425 g/mol. The van der Waals surface area contributed by atoms with Crippen molar-refractivity contribution in [1.82, 2.24) is 15.2 Å². The number of nitrogens with one attached hydrogen (secondary N) is 2. The van der Waals surface area contributed by atoms with Crippen molar-refractivity contribution in [1.29, 1.82) is 0 Å². The van der Waals surface area contributed by atoms with Gasteiger partial charge in [0.25, 0.3) is 17.1 Å². The van der Waals surface area contributed by atoms with Gasteiger partial charge in [-0.25, -0.2) is 4.39 Å². The molecule has 1 aromatic heterocycles. The molecule has 1 saturated heterocycles. The topological polar surface area (TPSA) is 82.3 Å². The molecule has 3 amide bonds. The van der Waals surface area contributed by atoms with E-state index in [0.29, 0.717) is 5.69 Å². The molecule has 26 heavy (non-hydrogen) atoms. The normalized spacial score (nSPS) is 15.8. The van der Waals surface area contributed by atoms with Crippen LogP contribution in [0.3, 0.4) is 0 Å². The highest BCUT2D eigenvalue weighted by Gasteiger charge is 2.34. The molecule has 1 aliphatic rings. The molecule has 0 radical (unpaired) electrons. The lowest BCUT2D eigenvalue weighted by molar-refractivity contribution is -0.122. The number of H-pyrrole nitrogens is 1. The Morgan fingerprint density at radius 2 is 2.12 bits per heavy atom. The van der Waals surface area contributed by atoms with Gasteiger partial charge < -0.3 is 10.3 Å². The monoisotopic (exact) mass is 437 g/mol. The number of benzene rings is 1. The van der Waals surface area contributed by atoms with Crippen LogP contribution in [-0.4, -0.2) is 40.0 Å². The molecule has 9 heteroatoms. The number of imide groups is 1. The number of carbonyl (C=O) groups excluding carboxylic acids is 3. The minimum atomic E-state index is -0.500. The van der Waals surface area contributed by atoms with Crippen molar-refractivity contribution in [2.75, 3.05) is 13.1 Å². The van der Waals surface area contributed by atoms with Gasteiger partial charge in [-0.1, -0.05) is 18.2 Å². The van der Waals surface area contributed by atoms with Crippen LogP contribution in [0.5, 0.6) is 0 Å². The number of thioether (sulfide) groups is 1. The van der Waals surface area contributed by atoms with Crippen LogP contribution in [0.4, 0.5) is 9.18 Å². The van der Waals surface area contributed by atoms with E-state index < -0.39 is 17.0 Å². The Kier molecular flexibility index (Phi) is 5.58. The summed E-state index contributed by atoms with van der Waals surface area (Å²) in [6.07, 6.45) is 2.98. The van der Waals surface area contributed by atoms with E-state index in [1.54, 1.807) is 24.4 Å². The van der Waals surface area contributed by atoms with Crippen molar-refractivity contribution in [3.8, 4) is 0 Å². The van der Waals surface area contributed by atoms with E-state index in [1.165, 1.54) is 18.2 Å². The number of aromatic amines is 1.